The van der Waals surface area contributed by atoms with Crippen LogP contribution in [0.15, 0.2) is 41.3 Å². The van der Waals surface area contributed by atoms with E-state index in [1.165, 1.54) is 13.2 Å². The smallest absolute Gasteiger partial charge is 0.343 e. The van der Waals surface area contributed by atoms with E-state index >= 15 is 0 Å². The summed E-state index contributed by atoms with van der Waals surface area (Å²) >= 11 is 0.733. The molecule has 0 atom stereocenters. The summed E-state index contributed by atoms with van der Waals surface area (Å²) < 4.78 is 26.5. The summed E-state index contributed by atoms with van der Waals surface area (Å²) in [7, 11) is 1.26. The fourth-order valence-electron chi connectivity index (χ4n) is 3.45. The van der Waals surface area contributed by atoms with Crippen molar-refractivity contribution in [2.75, 3.05) is 45.4 Å². The first-order valence-corrected chi connectivity index (χ1v) is 12.1. The van der Waals surface area contributed by atoms with E-state index in [-0.39, 0.29) is 11.5 Å². The van der Waals surface area contributed by atoms with Gasteiger partial charge in [0, 0.05) is 11.8 Å². The van der Waals surface area contributed by atoms with Gasteiger partial charge in [0.1, 0.15) is 19.8 Å². The molecule has 2 aliphatic heterocycles. The summed E-state index contributed by atoms with van der Waals surface area (Å²) in [5.41, 5.74) is 1.02. The third-order valence-corrected chi connectivity index (χ3v) is 6.05. The molecule has 194 valence electrons. The van der Waals surface area contributed by atoms with Crippen molar-refractivity contribution in [1.29, 1.82) is 0 Å². The molecule has 0 bridgehead atoms. The maximum Gasteiger partial charge on any atom is 0.343 e. The molecule has 0 spiro atoms. The fraction of sp³-hybridized carbons (Fsp3) is 0.280. The second kappa shape index (κ2) is 11.7. The van der Waals surface area contributed by atoms with Gasteiger partial charge in [0.15, 0.2) is 29.6 Å². The van der Waals surface area contributed by atoms with Gasteiger partial charge >= 0.3 is 5.97 Å². The molecule has 12 heteroatoms. The van der Waals surface area contributed by atoms with Crippen LogP contribution in [0.5, 0.6) is 23.0 Å². The molecule has 3 amide bonds. The molecule has 1 fully saturated rings. The van der Waals surface area contributed by atoms with Gasteiger partial charge in [-0.1, -0.05) is 6.07 Å². The molecule has 2 aliphatic rings. The largest absolute Gasteiger partial charge is 0.490 e. The molecule has 1 saturated heterocycles. The molecule has 37 heavy (non-hydrogen) atoms. The summed E-state index contributed by atoms with van der Waals surface area (Å²) in [6.45, 7) is 2.25. The standard InChI is InChI=1S/C25H24N2O9S/c1-3-33-19-10-15(4-6-18(19)36-14-23(29)32-2)11-21-24(30)27(25(31)37-21)13-22(28)26-16-5-7-17-20(12-16)35-9-8-34-17/h4-7,10-12H,3,8-9,13-14H2,1-2H3,(H,26,28)/b21-11+. The number of hydrogen-bond acceptors (Lipinski definition) is 10. The Morgan fingerprint density at radius 3 is 2.59 bits per heavy atom. The summed E-state index contributed by atoms with van der Waals surface area (Å²) in [4.78, 5) is 50.3. The van der Waals surface area contributed by atoms with Gasteiger partial charge in [-0.25, -0.2) is 4.79 Å². The second-order valence-electron chi connectivity index (χ2n) is 7.68. The van der Waals surface area contributed by atoms with Crippen LogP contribution in [0, 0.1) is 0 Å². The number of esters is 1. The Bertz CT molecular complexity index is 1260. The Balaban J connectivity index is 1.42. The van der Waals surface area contributed by atoms with Crippen LogP contribution in [0.2, 0.25) is 0 Å². The zero-order valence-corrected chi connectivity index (χ0v) is 20.9. The Labute approximate surface area is 216 Å². The summed E-state index contributed by atoms with van der Waals surface area (Å²) in [5, 5.41) is 2.11. The molecule has 1 N–H and O–H groups in total. The van der Waals surface area contributed by atoms with Crippen LogP contribution in [0.1, 0.15) is 12.5 Å². The average Bonchev–Trinajstić information content (AvgIpc) is 3.15. The number of anilines is 1. The number of carbonyl (C=O) groups excluding carboxylic acids is 4. The highest BCUT2D eigenvalue weighted by Crippen LogP contribution is 2.35. The number of thioether (sulfide) groups is 1. The van der Waals surface area contributed by atoms with E-state index in [0.717, 1.165) is 16.7 Å². The van der Waals surface area contributed by atoms with Crippen molar-refractivity contribution in [2.45, 2.75) is 6.92 Å². The van der Waals surface area contributed by atoms with E-state index in [1.807, 2.05) is 0 Å². The molecule has 4 rings (SSSR count). The lowest BCUT2D eigenvalue weighted by atomic mass is 10.2. The quantitative estimate of drug-likeness (QED) is 0.383. The van der Waals surface area contributed by atoms with Crippen LogP contribution < -0.4 is 24.3 Å². The van der Waals surface area contributed by atoms with Crippen molar-refractivity contribution in [3.05, 3.63) is 46.9 Å². The normalized spacial score (nSPS) is 15.5. The number of rotatable bonds is 9. The predicted molar refractivity (Wildman–Crippen MR) is 134 cm³/mol. The topological polar surface area (TPSA) is 130 Å². The zero-order valence-electron chi connectivity index (χ0n) is 20.1. The van der Waals surface area contributed by atoms with Gasteiger partial charge in [-0.3, -0.25) is 19.3 Å². The van der Waals surface area contributed by atoms with Crippen LogP contribution >= 0.6 is 11.8 Å². The molecule has 0 radical (unpaired) electrons. The third-order valence-electron chi connectivity index (χ3n) is 5.14. The number of imide groups is 1. The number of nitrogens with zero attached hydrogens (tertiary/aromatic N) is 1. The number of amides is 3. The van der Waals surface area contributed by atoms with Gasteiger partial charge in [0.25, 0.3) is 11.1 Å². The molecule has 2 aromatic rings. The molecular weight excluding hydrogens is 504 g/mol. The number of benzene rings is 2. The highest BCUT2D eigenvalue weighted by molar-refractivity contribution is 8.18. The van der Waals surface area contributed by atoms with E-state index in [0.29, 0.717) is 54.1 Å². The minimum Gasteiger partial charge on any atom is -0.490 e. The van der Waals surface area contributed by atoms with Crippen molar-refractivity contribution in [2.24, 2.45) is 0 Å². The fourth-order valence-corrected chi connectivity index (χ4v) is 4.29. The molecule has 0 aliphatic carbocycles. The van der Waals surface area contributed by atoms with Crippen molar-refractivity contribution in [3.8, 4) is 23.0 Å². The van der Waals surface area contributed by atoms with Crippen LogP contribution in [-0.4, -0.2) is 68.0 Å². The van der Waals surface area contributed by atoms with Gasteiger partial charge in [-0.05, 0) is 54.6 Å². The van der Waals surface area contributed by atoms with Gasteiger partial charge in [0.2, 0.25) is 5.91 Å². The van der Waals surface area contributed by atoms with Crippen LogP contribution in [0.25, 0.3) is 6.08 Å². The third kappa shape index (κ3) is 6.33. The highest BCUT2D eigenvalue weighted by Gasteiger charge is 2.36. The van der Waals surface area contributed by atoms with Crippen molar-refractivity contribution < 1.29 is 42.9 Å². The number of hydrogen-bond donors (Lipinski definition) is 1. The van der Waals surface area contributed by atoms with Gasteiger partial charge in [0.05, 0.1) is 18.6 Å². The molecule has 0 aromatic heterocycles. The van der Waals surface area contributed by atoms with Crippen molar-refractivity contribution in [1.82, 2.24) is 4.90 Å². The number of ether oxygens (including phenoxy) is 5. The lowest BCUT2D eigenvalue weighted by Crippen LogP contribution is -2.36. The molecule has 2 heterocycles. The maximum absolute atomic E-state index is 12.9. The SMILES string of the molecule is CCOc1cc(/C=C2/SC(=O)N(CC(=O)Nc3ccc4c(c3)OCCO4)C2=O)ccc1OCC(=O)OC. The molecule has 11 nitrogen and oxygen atoms in total. The Kier molecular flexibility index (Phi) is 8.18. The minimum atomic E-state index is -0.587. The lowest BCUT2D eigenvalue weighted by Gasteiger charge is -2.19. The molecular formula is C25H24N2O9S. The van der Waals surface area contributed by atoms with Crippen LogP contribution in [0.4, 0.5) is 10.5 Å². The summed E-state index contributed by atoms with van der Waals surface area (Å²) in [5.74, 6) is 0.106. The van der Waals surface area contributed by atoms with E-state index < -0.39 is 29.6 Å². The number of nitrogens with one attached hydrogen (secondary N) is 1. The predicted octanol–water partition coefficient (Wildman–Crippen LogP) is 3.08. The molecule has 0 unspecified atom stereocenters. The minimum absolute atomic E-state index is 0.155. The van der Waals surface area contributed by atoms with E-state index in [4.69, 9.17) is 18.9 Å². The van der Waals surface area contributed by atoms with E-state index in [9.17, 15) is 19.2 Å². The summed E-state index contributed by atoms with van der Waals surface area (Å²) in [6.07, 6.45) is 1.52. The monoisotopic (exact) mass is 528 g/mol. The number of methoxy groups -OCH3 is 1. The van der Waals surface area contributed by atoms with Gasteiger partial charge in [-0.2, -0.15) is 0 Å². The Morgan fingerprint density at radius 1 is 1.05 bits per heavy atom. The zero-order chi connectivity index (χ0) is 26.4. The molecule has 2 aromatic carbocycles. The van der Waals surface area contributed by atoms with E-state index in [2.05, 4.69) is 10.1 Å². The maximum atomic E-state index is 12.9. The lowest BCUT2D eigenvalue weighted by molar-refractivity contribution is -0.143. The first-order valence-electron chi connectivity index (χ1n) is 11.3. The van der Waals surface area contributed by atoms with Gasteiger partial charge in [-0.15, -0.1) is 0 Å². The Hall–Kier alpha value is -4.19. The average molecular weight is 529 g/mol. The van der Waals surface area contributed by atoms with Crippen molar-refractivity contribution in [3.63, 3.8) is 0 Å². The van der Waals surface area contributed by atoms with Crippen LogP contribution in [0.3, 0.4) is 0 Å². The Morgan fingerprint density at radius 2 is 1.84 bits per heavy atom. The van der Waals surface area contributed by atoms with Crippen LogP contribution in [-0.2, 0) is 19.1 Å². The van der Waals surface area contributed by atoms with Crippen molar-refractivity contribution >= 4 is 46.5 Å². The number of fused-ring (bicyclic) bond motifs is 1. The van der Waals surface area contributed by atoms with E-state index in [1.54, 1.807) is 43.3 Å². The first kappa shape index (κ1) is 25.9. The molecule has 0 saturated carbocycles. The second-order valence-corrected chi connectivity index (χ2v) is 8.67. The van der Waals surface area contributed by atoms with Gasteiger partial charge < -0.3 is 29.0 Å². The first-order chi connectivity index (χ1) is 17.9. The summed E-state index contributed by atoms with van der Waals surface area (Å²) in [6, 6.07) is 9.80. The number of carbonyl (C=O) groups is 4. The highest BCUT2D eigenvalue weighted by atomic mass is 32.2.